The standard InChI is InChI=1S/C19H25NO4/c1-23-16-8-4-14(5-9-16)18(20-12-3-13-21)19(22)15-6-10-17(24-2)11-7-15/h4-11,18-22H,3,12-13H2,1-2H3. The Labute approximate surface area is 142 Å². The Kier molecular flexibility index (Phi) is 7.06. The number of hydrogen-bond acceptors (Lipinski definition) is 5. The molecule has 130 valence electrons. The predicted octanol–water partition coefficient (Wildman–Crippen LogP) is 2.45. The number of benzene rings is 2. The zero-order valence-corrected chi connectivity index (χ0v) is 14.1. The van der Waals surface area contributed by atoms with E-state index in [1.807, 2.05) is 48.5 Å². The minimum Gasteiger partial charge on any atom is -0.497 e. The molecule has 0 amide bonds. The normalized spacial score (nSPS) is 13.3. The zero-order chi connectivity index (χ0) is 17.4. The van der Waals surface area contributed by atoms with Crippen LogP contribution in [-0.2, 0) is 0 Å². The molecule has 2 aromatic carbocycles. The summed E-state index contributed by atoms with van der Waals surface area (Å²) < 4.78 is 10.3. The van der Waals surface area contributed by atoms with Gasteiger partial charge in [0, 0.05) is 6.61 Å². The molecule has 0 aliphatic heterocycles. The van der Waals surface area contributed by atoms with E-state index in [2.05, 4.69) is 5.32 Å². The summed E-state index contributed by atoms with van der Waals surface area (Å²) in [5, 5.41) is 23.1. The highest BCUT2D eigenvalue weighted by Crippen LogP contribution is 2.30. The number of ether oxygens (including phenoxy) is 2. The third-order valence-corrected chi connectivity index (χ3v) is 3.95. The van der Waals surface area contributed by atoms with E-state index < -0.39 is 6.10 Å². The Morgan fingerprint density at radius 2 is 1.38 bits per heavy atom. The molecule has 2 aromatic rings. The summed E-state index contributed by atoms with van der Waals surface area (Å²) in [6.45, 7) is 0.724. The number of rotatable bonds is 9. The molecule has 0 aromatic heterocycles. The minimum absolute atomic E-state index is 0.112. The summed E-state index contributed by atoms with van der Waals surface area (Å²) >= 11 is 0. The lowest BCUT2D eigenvalue weighted by Gasteiger charge is -2.25. The van der Waals surface area contributed by atoms with Crippen LogP contribution in [0.25, 0.3) is 0 Å². The summed E-state index contributed by atoms with van der Waals surface area (Å²) in [4.78, 5) is 0. The lowest BCUT2D eigenvalue weighted by molar-refractivity contribution is 0.127. The SMILES string of the molecule is COc1ccc(C(O)C(NCCCO)c2ccc(OC)cc2)cc1. The minimum atomic E-state index is -0.719. The molecule has 0 aliphatic carbocycles. The first-order valence-corrected chi connectivity index (χ1v) is 7.99. The van der Waals surface area contributed by atoms with Gasteiger partial charge >= 0.3 is 0 Å². The second-order valence-corrected chi connectivity index (χ2v) is 5.50. The van der Waals surface area contributed by atoms with E-state index in [-0.39, 0.29) is 12.6 Å². The number of methoxy groups -OCH3 is 2. The van der Waals surface area contributed by atoms with Gasteiger partial charge in [-0.1, -0.05) is 24.3 Å². The van der Waals surface area contributed by atoms with Crippen LogP contribution < -0.4 is 14.8 Å². The van der Waals surface area contributed by atoms with Crippen molar-refractivity contribution in [3.63, 3.8) is 0 Å². The third-order valence-electron chi connectivity index (χ3n) is 3.95. The first kappa shape index (κ1) is 18.3. The Morgan fingerprint density at radius 3 is 1.83 bits per heavy atom. The number of nitrogens with one attached hydrogen (secondary N) is 1. The zero-order valence-electron chi connectivity index (χ0n) is 14.1. The molecule has 2 unspecified atom stereocenters. The van der Waals surface area contributed by atoms with Crippen molar-refractivity contribution in [2.24, 2.45) is 0 Å². The van der Waals surface area contributed by atoms with Gasteiger partial charge in [0.25, 0.3) is 0 Å². The van der Waals surface area contributed by atoms with Gasteiger partial charge in [0.15, 0.2) is 0 Å². The van der Waals surface area contributed by atoms with E-state index in [4.69, 9.17) is 14.6 Å². The molecule has 2 atom stereocenters. The molecule has 0 aliphatic rings. The Balaban J connectivity index is 2.21. The van der Waals surface area contributed by atoms with Crippen LogP contribution in [0, 0.1) is 0 Å². The highest BCUT2D eigenvalue weighted by Gasteiger charge is 2.22. The topological polar surface area (TPSA) is 71.0 Å². The van der Waals surface area contributed by atoms with Gasteiger partial charge in [-0.05, 0) is 48.4 Å². The van der Waals surface area contributed by atoms with Crippen LogP contribution in [0.4, 0.5) is 0 Å². The van der Waals surface area contributed by atoms with Gasteiger partial charge < -0.3 is 25.0 Å². The van der Waals surface area contributed by atoms with Gasteiger partial charge in [0.05, 0.1) is 26.4 Å². The van der Waals surface area contributed by atoms with Crippen molar-refractivity contribution in [2.45, 2.75) is 18.6 Å². The average molecular weight is 331 g/mol. The van der Waals surface area contributed by atoms with E-state index in [1.54, 1.807) is 14.2 Å². The maximum Gasteiger partial charge on any atom is 0.118 e. The second-order valence-electron chi connectivity index (χ2n) is 5.50. The predicted molar refractivity (Wildman–Crippen MR) is 93.4 cm³/mol. The summed E-state index contributed by atoms with van der Waals surface area (Å²) in [6, 6.07) is 14.7. The molecule has 0 fully saturated rings. The molecule has 0 saturated carbocycles. The van der Waals surface area contributed by atoms with E-state index in [0.717, 1.165) is 22.6 Å². The maximum absolute atomic E-state index is 10.8. The number of aliphatic hydroxyl groups is 2. The largest absolute Gasteiger partial charge is 0.497 e. The first-order chi connectivity index (χ1) is 11.7. The van der Waals surface area contributed by atoms with Gasteiger partial charge in [0.2, 0.25) is 0 Å². The van der Waals surface area contributed by atoms with Crippen molar-refractivity contribution in [3.05, 3.63) is 59.7 Å². The van der Waals surface area contributed by atoms with Crippen LogP contribution in [0.2, 0.25) is 0 Å². The van der Waals surface area contributed by atoms with E-state index >= 15 is 0 Å². The molecule has 3 N–H and O–H groups in total. The van der Waals surface area contributed by atoms with Crippen molar-refractivity contribution in [3.8, 4) is 11.5 Å². The summed E-state index contributed by atoms with van der Waals surface area (Å²) in [6.07, 6.45) is -0.0925. The molecule has 24 heavy (non-hydrogen) atoms. The highest BCUT2D eigenvalue weighted by molar-refractivity contribution is 5.33. The van der Waals surface area contributed by atoms with E-state index in [9.17, 15) is 5.11 Å². The Morgan fingerprint density at radius 1 is 0.875 bits per heavy atom. The quantitative estimate of drug-likeness (QED) is 0.616. The summed E-state index contributed by atoms with van der Waals surface area (Å²) in [7, 11) is 3.24. The molecular formula is C19H25NO4. The Hall–Kier alpha value is -2.08. The average Bonchev–Trinajstić information content (AvgIpc) is 2.65. The van der Waals surface area contributed by atoms with Gasteiger partial charge in [0.1, 0.15) is 11.5 Å². The highest BCUT2D eigenvalue weighted by atomic mass is 16.5. The van der Waals surface area contributed by atoms with Crippen molar-refractivity contribution < 1.29 is 19.7 Å². The monoisotopic (exact) mass is 331 g/mol. The van der Waals surface area contributed by atoms with Crippen LogP contribution >= 0.6 is 0 Å². The molecule has 0 spiro atoms. The molecule has 5 heteroatoms. The van der Waals surface area contributed by atoms with Crippen molar-refractivity contribution in [1.82, 2.24) is 5.32 Å². The number of hydrogen-bond donors (Lipinski definition) is 3. The van der Waals surface area contributed by atoms with Crippen LogP contribution in [0.3, 0.4) is 0 Å². The van der Waals surface area contributed by atoms with E-state index in [1.165, 1.54) is 0 Å². The fraction of sp³-hybridized carbons (Fsp3) is 0.368. The fourth-order valence-electron chi connectivity index (χ4n) is 2.55. The van der Waals surface area contributed by atoms with Gasteiger partial charge in [-0.25, -0.2) is 0 Å². The molecule has 0 heterocycles. The third kappa shape index (κ3) is 4.71. The molecule has 5 nitrogen and oxygen atoms in total. The lowest BCUT2D eigenvalue weighted by Crippen LogP contribution is -2.28. The molecule has 2 rings (SSSR count). The summed E-state index contributed by atoms with van der Waals surface area (Å²) in [5.74, 6) is 1.52. The van der Waals surface area contributed by atoms with Crippen LogP contribution in [-0.4, -0.2) is 37.6 Å². The summed E-state index contributed by atoms with van der Waals surface area (Å²) in [5.41, 5.74) is 1.75. The fourth-order valence-corrected chi connectivity index (χ4v) is 2.55. The smallest absolute Gasteiger partial charge is 0.118 e. The second kappa shape index (κ2) is 9.27. The lowest BCUT2D eigenvalue weighted by atomic mass is 9.95. The van der Waals surface area contributed by atoms with Crippen molar-refractivity contribution >= 4 is 0 Å². The Bertz CT molecular complexity index is 598. The van der Waals surface area contributed by atoms with Crippen molar-refractivity contribution in [2.75, 3.05) is 27.4 Å². The van der Waals surface area contributed by atoms with Crippen LogP contribution in [0.5, 0.6) is 11.5 Å². The van der Waals surface area contributed by atoms with Gasteiger partial charge in [-0.15, -0.1) is 0 Å². The molecule has 0 radical (unpaired) electrons. The number of aliphatic hydroxyl groups excluding tert-OH is 2. The van der Waals surface area contributed by atoms with Crippen LogP contribution in [0.15, 0.2) is 48.5 Å². The molecular weight excluding hydrogens is 306 g/mol. The maximum atomic E-state index is 10.8. The van der Waals surface area contributed by atoms with Gasteiger partial charge in [-0.2, -0.15) is 0 Å². The van der Waals surface area contributed by atoms with Crippen LogP contribution in [0.1, 0.15) is 29.7 Å². The van der Waals surface area contributed by atoms with E-state index in [0.29, 0.717) is 13.0 Å². The molecule has 0 saturated heterocycles. The molecule has 0 bridgehead atoms. The van der Waals surface area contributed by atoms with Crippen molar-refractivity contribution in [1.29, 1.82) is 0 Å². The first-order valence-electron chi connectivity index (χ1n) is 7.99. The van der Waals surface area contributed by atoms with Gasteiger partial charge in [-0.3, -0.25) is 0 Å².